The fourth-order valence-corrected chi connectivity index (χ4v) is 4.52. The van der Waals surface area contributed by atoms with Crippen LogP contribution in [0.3, 0.4) is 0 Å². The van der Waals surface area contributed by atoms with Crippen LogP contribution in [0.25, 0.3) is 5.69 Å². The van der Waals surface area contributed by atoms with Crippen molar-refractivity contribution in [1.29, 1.82) is 0 Å². The second-order valence-electron chi connectivity index (χ2n) is 8.24. The monoisotopic (exact) mass is 421 g/mol. The van der Waals surface area contributed by atoms with Crippen LogP contribution in [0.15, 0.2) is 60.8 Å². The van der Waals surface area contributed by atoms with Crippen LogP contribution in [0.4, 0.5) is 4.39 Å². The molecule has 1 atom stereocenters. The van der Waals surface area contributed by atoms with Crippen LogP contribution < -0.4 is 5.73 Å². The average Bonchev–Trinajstić information content (AvgIpc) is 3.27. The minimum absolute atomic E-state index is 0.0613. The number of carbonyl (C=O) groups is 1. The molecule has 1 aliphatic heterocycles. The van der Waals surface area contributed by atoms with Crippen molar-refractivity contribution in [2.24, 2.45) is 11.7 Å². The maximum Gasteiger partial charge on any atom is 0.218 e. The van der Waals surface area contributed by atoms with Crippen molar-refractivity contribution in [2.45, 2.75) is 31.6 Å². The van der Waals surface area contributed by atoms with Gasteiger partial charge in [0.15, 0.2) is 0 Å². The van der Waals surface area contributed by atoms with Crippen molar-refractivity contribution in [3.63, 3.8) is 0 Å². The molecule has 0 radical (unpaired) electrons. The van der Waals surface area contributed by atoms with E-state index in [-0.39, 0.29) is 24.1 Å². The van der Waals surface area contributed by atoms with Crippen molar-refractivity contribution >= 4 is 5.91 Å². The van der Waals surface area contributed by atoms with Gasteiger partial charge in [-0.25, -0.2) is 9.07 Å². The van der Waals surface area contributed by atoms with E-state index in [0.29, 0.717) is 5.92 Å². The van der Waals surface area contributed by atoms with E-state index >= 15 is 0 Å². The van der Waals surface area contributed by atoms with Gasteiger partial charge in [0, 0.05) is 18.9 Å². The lowest BCUT2D eigenvalue weighted by Crippen LogP contribution is -2.38. The van der Waals surface area contributed by atoms with Gasteiger partial charge in [-0.3, -0.25) is 4.79 Å². The molecule has 6 nitrogen and oxygen atoms in total. The number of primary amides is 1. The summed E-state index contributed by atoms with van der Waals surface area (Å²) in [6.07, 6.45) is 4.97. The Labute approximate surface area is 181 Å². The molecule has 1 saturated heterocycles. The Morgan fingerprint density at radius 2 is 1.81 bits per heavy atom. The maximum absolute atomic E-state index is 13.3. The van der Waals surface area contributed by atoms with Crippen molar-refractivity contribution in [3.05, 3.63) is 77.9 Å². The topological polar surface area (TPSA) is 77.0 Å². The summed E-state index contributed by atoms with van der Waals surface area (Å²) in [6, 6.07) is 16.7. The first kappa shape index (κ1) is 21.2. The van der Waals surface area contributed by atoms with Gasteiger partial charge in [0.2, 0.25) is 5.91 Å². The predicted molar refractivity (Wildman–Crippen MR) is 117 cm³/mol. The number of piperidine rings is 1. The van der Waals surface area contributed by atoms with Crippen molar-refractivity contribution < 1.29 is 9.18 Å². The number of nitrogens with zero attached hydrogens (tertiary/aromatic N) is 4. The molecule has 1 fully saturated rings. The first-order valence-electron chi connectivity index (χ1n) is 10.8. The highest BCUT2D eigenvalue weighted by Gasteiger charge is 2.31. The zero-order chi connectivity index (χ0) is 21.6. The molecular weight excluding hydrogens is 393 g/mol. The Morgan fingerprint density at radius 3 is 2.48 bits per heavy atom. The van der Waals surface area contributed by atoms with Crippen LogP contribution in [0.1, 0.15) is 36.4 Å². The van der Waals surface area contributed by atoms with Gasteiger partial charge in [-0.2, -0.15) is 0 Å². The number of rotatable bonds is 8. The summed E-state index contributed by atoms with van der Waals surface area (Å²) in [5.41, 5.74) is 8.54. The third-order valence-corrected chi connectivity index (χ3v) is 6.21. The SMILES string of the molecule is NC(=O)CC(c1cnnn1-c1ccc(F)cc1)C1CCN(CCc2ccccc2)CC1. The minimum Gasteiger partial charge on any atom is -0.370 e. The standard InChI is InChI=1S/C24H28FN5O/c25-20-6-8-21(9-7-20)30-23(17-27-28-30)22(16-24(26)31)19-11-14-29(15-12-19)13-10-18-4-2-1-3-5-18/h1-9,17,19,22H,10-16H2,(H2,26,31). The van der Waals surface area contributed by atoms with Gasteiger partial charge in [-0.15, -0.1) is 5.10 Å². The Hall–Kier alpha value is -3.06. The molecule has 31 heavy (non-hydrogen) atoms. The molecule has 3 aromatic rings. The molecule has 162 valence electrons. The molecule has 0 saturated carbocycles. The van der Waals surface area contributed by atoms with Gasteiger partial charge in [0.25, 0.3) is 0 Å². The van der Waals surface area contributed by atoms with E-state index < -0.39 is 0 Å². The first-order valence-corrected chi connectivity index (χ1v) is 10.8. The smallest absolute Gasteiger partial charge is 0.218 e. The van der Waals surface area contributed by atoms with Gasteiger partial charge in [-0.1, -0.05) is 35.5 Å². The number of likely N-dealkylation sites (tertiary alicyclic amines) is 1. The summed E-state index contributed by atoms with van der Waals surface area (Å²) in [4.78, 5) is 14.4. The van der Waals surface area contributed by atoms with E-state index in [2.05, 4.69) is 39.5 Å². The van der Waals surface area contributed by atoms with Gasteiger partial charge in [0.05, 0.1) is 17.6 Å². The lowest BCUT2D eigenvalue weighted by Gasteiger charge is -2.35. The maximum atomic E-state index is 13.3. The average molecular weight is 422 g/mol. The number of hydrogen-bond donors (Lipinski definition) is 1. The van der Waals surface area contributed by atoms with Crippen LogP contribution in [0.5, 0.6) is 0 Å². The van der Waals surface area contributed by atoms with Crippen LogP contribution in [-0.2, 0) is 11.2 Å². The molecule has 1 amide bonds. The molecule has 2 heterocycles. The third kappa shape index (κ3) is 5.35. The normalized spacial score (nSPS) is 16.3. The van der Waals surface area contributed by atoms with Crippen molar-refractivity contribution in [1.82, 2.24) is 19.9 Å². The molecule has 0 spiro atoms. The van der Waals surface area contributed by atoms with Crippen molar-refractivity contribution in [2.75, 3.05) is 19.6 Å². The Kier molecular flexibility index (Phi) is 6.72. The molecule has 2 N–H and O–H groups in total. The van der Waals surface area contributed by atoms with E-state index in [1.165, 1.54) is 17.7 Å². The lowest BCUT2D eigenvalue weighted by atomic mass is 9.80. The summed E-state index contributed by atoms with van der Waals surface area (Å²) in [5, 5.41) is 8.28. The fraction of sp³-hybridized carbons (Fsp3) is 0.375. The molecule has 1 unspecified atom stereocenters. The molecule has 1 aromatic heterocycles. The summed E-state index contributed by atoms with van der Waals surface area (Å²) in [7, 11) is 0. The van der Waals surface area contributed by atoms with Crippen LogP contribution >= 0.6 is 0 Å². The number of aromatic nitrogens is 3. The molecule has 0 aliphatic carbocycles. The van der Waals surface area contributed by atoms with Gasteiger partial charge < -0.3 is 10.6 Å². The van der Waals surface area contributed by atoms with Crippen molar-refractivity contribution in [3.8, 4) is 5.69 Å². The summed E-state index contributed by atoms with van der Waals surface area (Å²) >= 11 is 0. The third-order valence-electron chi connectivity index (χ3n) is 6.21. The van der Waals surface area contributed by atoms with E-state index in [4.69, 9.17) is 5.73 Å². The predicted octanol–water partition coefficient (Wildman–Crippen LogP) is 3.32. The summed E-state index contributed by atoms with van der Waals surface area (Å²) in [6.45, 7) is 3.02. The molecule has 1 aliphatic rings. The second kappa shape index (κ2) is 9.83. The Bertz CT molecular complexity index is 981. The number of amides is 1. The van der Waals surface area contributed by atoms with E-state index in [0.717, 1.165) is 50.3 Å². The Balaban J connectivity index is 1.44. The van der Waals surface area contributed by atoms with Gasteiger partial charge >= 0.3 is 0 Å². The first-order chi connectivity index (χ1) is 15.1. The molecular formula is C24H28FN5O. The van der Waals surface area contributed by atoms with Crippen LogP contribution in [0, 0.1) is 11.7 Å². The van der Waals surface area contributed by atoms with E-state index in [1.54, 1.807) is 23.0 Å². The summed E-state index contributed by atoms with van der Waals surface area (Å²) < 4.78 is 15.1. The molecule has 0 bridgehead atoms. The molecule has 7 heteroatoms. The van der Waals surface area contributed by atoms with Gasteiger partial charge in [-0.05, 0) is 68.1 Å². The largest absolute Gasteiger partial charge is 0.370 e. The van der Waals surface area contributed by atoms with Crippen LogP contribution in [0.2, 0.25) is 0 Å². The quantitative estimate of drug-likeness (QED) is 0.605. The van der Waals surface area contributed by atoms with Gasteiger partial charge in [0.1, 0.15) is 5.82 Å². The zero-order valence-corrected chi connectivity index (χ0v) is 17.5. The Morgan fingerprint density at radius 1 is 1.10 bits per heavy atom. The minimum atomic E-state index is -0.330. The van der Waals surface area contributed by atoms with E-state index in [1.807, 2.05) is 6.07 Å². The fourth-order valence-electron chi connectivity index (χ4n) is 4.52. The summed E-state index contributed by atoms with van der Waals surface area (Å²) in [5.74, 6) is -0.377. The highest BCUT2D eigenvalue weighted by molar-refractivity contribution is 5.74. The van der Waals surface area contributed by atoms with E-state index in [9.17, 15) is 9.18 Å². The molecule has 4 rings (SSSR count). The second-order valence-corrected chi connectivity index (χ2v) is 8.24. The number of carbonyl (C=O) groups excluding carboxylic acids is 1. The zero-order valence-electron chi connectivity index (χ0n) is 17.5. The number of halogens is 1. The number of hydrogen-bond acceptors (Lipinski definition) is 4. The van der Waals surface area contributed by atoms with Crippen LogP contribution in [-0.4, -0.2) is 45.4 Å². The molecule has 2 aromatic carbocycles. The highest BCUT2D eigenvalue weighted by Crippen LogP contribution is 2.35. The number of benzene rings is 2. The highest BCUT2D eigenvalue weighted by atomic mass is 19.1. The lowest BCUT2D eigenvalue weighted by molar-refractivity contribution is -0.118. The number of nitrogens with two attached hydrogens (primary N) is 1.